The molecule has 0 fully saturated rings. The molecule has 0 aliphatic carbocycles. The summed E-state index contributed by atoms with van der Waals surface area (Å²) in [7, 11) is 0. The van der Waals surface area contributed by atoms with Crippen molar-refractivity contribution in [3.63, 3.8) is 0 Å². The van der Waals surface area contributed by atoms with E-state index in [4.69, 9.17) is 5.73 Å². The fourth-order valence-corrected chi connectivity index (χ4v) is 0.766. The molecule has 0 bridgehead atoms. The molecule has 0 spiro atoms. The Kier molecular flexibility index (Phi) is 4.59. The topological polar surface area (TPSA) is 50.4 Å². The van der Waals surface area contributed by atoms with Gasteiger partial charge in [0, 0.05) is 0 Å². The van der Waals surface area contributed by atoms with Crippen LogP contribution in [0.5, 0.6) is 0 Å². The first kappa shape index (κ1) is 8.83. The molecule has 3 nitrogen and oxygen atoms in total. The van der Waals surface area contributed by atoms with Gasteiger partial charge in [0.15, 0.2) is 0 Å². The first-order valence-corrected chi connectivity index (χ1v) is 4.21. The van der Waals surface area contributed by atoms with Gasteiger partial charge < -0.3 is 0 Å². The van der Waals surface area contributed by atoms with Gasteiger partial charge in [-0.1, -0.05) is 0 Å². The normalized spacial score (nSPS) is 11.1. The Morgan fingerprint density at radius 3 is 2.67 bits per heavy atom. The standard InChI is InChI=1S/C5H11N3.W/c1-3-7-5(6)8-4-2;/h3H2,1-2H3,(H3,6,7,8);. The van der Waals surface area contributed by atoms with Crippen LogP contribution < -0.4 is 11.1 Å². The number of guanidine groups is 1. The van der Waals surface area contributed by atoms with E-state index in [0.29, 0.717) is 5.96 Å². The summed E-state index contributed by atoms with van der Waals surface area (Å²) in [4.78, 5) is 3.94. The van der Waals surface area contributed by atoms with E-state index in [1.165, 1.54) is 19.4 Å². The van der Waals surface area contributed by atoms with Gasteiger partial charge >= 0.3 is 65.8 Å². The van der Waals surface area contributed by atoms with Crippen molar-refractivity contribution < 1.29 is 19.4 Å². The number of hydrogen-bond donors (Lipinski definition) is 2. The van der Waals surface area contributed by atoms with E-state index in [0.717, 1.165) is 10.6 Å². The van der Waals surface area contributed by atoms with E-state index >= 15 is 0 Å². The Labute approximate surface area is 66.1 Å². The molecule has 0 saturated carbocycles. The van der Waals surface area contributed by atoms with E-state index in [9.17, 15) is 0 Å². The summed E-state index contributed by atoms with van der Waals surface area (Å²) in [5, 5.41) is 2.93. The fraction of sp³-hybridized carbons (Fsp3) is 0.600. The van der Waals surface area contributed by atoms with E-state index in [1.807, 2.05) is 13.8 Å². The van der Waals surface area contributed by atoms with Gasteiger partial charge in [-0.05, 0) is 0 Å². The van der Waals surface area contributed by atoms with Crippen molar-refractivity contribution in [3.05, 3.63) is 0 Å². The molecule has 0 saturated heterocycles. The average molecular weight is 297 g/mol. The second kappa shape index (κ2) is 4.68. The summed E-state index contributed by atoms with van der Waals surface area (Å²) < 4.78 is 1.14. The van der Waals surface area contributed by atoms with Gasteiger partial charge in [-0.2, -0.15) is 0 Å². The molecule has 0 unspecified atom stereocenters. The average Bonchev–Trinajstić information content (AvgIpc) is 1.63. The van der Waals surface area contributed by atoms with E-state index in [-0.39, 0.29) is 0 Å². The molecule has 0 aliphatic heterocycles. The van der Waals surface area contributed by atoms with Crippen molar-refractivity contribution in [1.29, 1.82) is 0 Å². The molecule has 9 heavy (non-hydrogen) atoms. The van der Waals surface area contributed by atoms with Crippen LogP contribution in [0.4, 0.5) is 0 Å². The van der Waals surface area contributed by atoms with Crippen LogP contribution in [0.3, 0.4) is 0 Å². The Morgan fingerprint density at radius 1 is 1.78 bits per heavy atom. The first-order valence-electron chi connectivity index (χ1n) is 2.74. The second-order valence-electron chi connectivity index (χ2n) is 1.54. The molecule has 3 N–H and O–H groups in total. The molecule has 0 heterocycles. The van der Waals surface area contributed by atoms with Crippen LogP contribution in [-0.4, -0.2) is 16.5 Å². The monoisotopic (exact) mass is 297 g/mol. The van der Waals surface area contributed by atoms with Crippen LogP contribution in [0.15, 0.2) is 4.99 Å². The predicted octanol–water partition coefficient (Wildman–Crippen LogP) is -0.393. The Balaban J connectivity index is 3.62. The Hall–Kier alpha value is -0.172. The van der Waals surface area contributed by atoms with Crippen LogP contribution in [0.25, 0.3) is 0 Å². The maximum atomic E-state index is 5.42. The zero-order chi connectivity index (χ0) is 7.28. The third-order valence-electron chi connectivity index (χ3n) is 0.633. The molecular formula is C5H11N3W. The van der Waals surface area contributed by atoms with Crippen LogP contribution in [0.1, 0.15) is 13.8 Å². The van der Waals surface area contributed by atoms with Crippen LogP contribution in [0.2, 0.25) is 0 Å². The summed E-state index contributed by atoms with van der Waals surface area (Å²) in [5.41, 5.74) is 5.42. The quantitative estimate of drug-likeness (QED) is 0.539. The van der Waals surface area contributed by atoms with Crippen LogP contribution in [0, 0.1) is 0 Å². The minimum atomic E-state index is 0.519. The van der Waals surface area contributed by atoms with Gasteiger partial charge in [-0.15, -0.1) is 0 Å². The molecule has 0 amide bonds. The summed E-state index contributed by atoms with van der Waals surface area (Å²) in [5.74, 6) is 0.519. The molecule has 0 radical (unpaired) electrons. The number of nitrogens with zero attached hydrogens (tertiary/aromatic N) is 1. The van der Waals surface area contributed by atoms with Crippen molar-refractivity contribution >= 4 is 9.98 Å². The molecule has 0 aromatic carbocycles. The van der Waals surface area contributed by atoms with Crippen molar-refractivity contribution in [2.45, 2.75) is 13.8 Å². The van der Waals surface area contributed by atoms with Gasteiger partial charge in [0.05, 0.1) is 0 Å². The number of rotatable bonds is 2. The number of nitrogens with one attached hydrogen (secondary N) is 1. The van der Waals surface area contributed by atoms with Gasteiger partial charge in [-0.3, -0.25) is 0 Å². The van der Waals surface area contributed by atoms with E-state index in [1.54, 1.807) is 0 Å². The van der Waals surface area contributed by atoms with Gasteiger partial charge in [0.2, 0.25) is 0 Å². The second-order valence-corrected chi connectivity index (χ2v) is 3.74. The fourth-order valence-electron chi connectivity index (χ4n) is 0.390. The third-order valence-corrected chi connectivity index (χ3v) is 0.999. The SMILES string of the molecule is CCN=C(N)N[C](C)=[W]. The van der Waals surface area contributed by atoms with Crippen molar-refractivity contribution in [1.82, 2.24) is 5.32 Å². The van der Waals surface area contributed by atoms with Crippen molar-refractivity contribution in [2.75, 3.05) is 6.54 Å². The minimum absolute atomic E-state index is 0.519. The molecule has 0 atom stereocenters. The molecule has 52 valence electrons. The van der Waals surface area contributed by atoms with Gasteiger partial charge in [-0.25, -0.2) is 0 Å². The third kappa shape index (κ3) is 5.70. The molecule has 0 aromatic heterocycles. The molecule has 0 aliphatic rings. The summed E-state index contributed by atoms with van der Waals surface area (Å²) >= 11 is 1.39. The summed E-state index contributed by atoms with van der Waals surface area (Å²) in [6.45, 7) is 4.67. The van der Waals surface area contributed by atoms with Crippen molar-refractivity contribution in [3.8, 4) is 0 Å². The van der Waals surface area contributed by atoms with Crippen LogP contribution >= 0.6 is 0 Å². The molecular weight excluding hydrogens is 286 g/mol. The van der Waals surface area contributed by atoms with Gasteiger partial charge in [0.1, 0.15) is 0 Å². The predicted molar refractivity (Wildman–Crippen MR) is 36.0 cm³/mol. The summed E-state index contributed by atoms with van der Waals surface area (Å²) in [6.07, 6.45) is 0. The zero-order valence-corrected chi connectivity index (χ0v) is 8.57. The van der Waals surface area contributed by atoms with Crippen LogP contribution in [-0.2, 0) is 19.4 Å². The number of aliphatic imine (C=N–C) groups is 1. The van der Waals surface area contributed by atoms with E-state index in [2.05, 4.69) is 10.3 Å². The van der Waals surface area contributed by atoms with Gasteiger partial charge in [0.25, 0.3) is 0 Å². The molecule has 4 heteroatoms. The van der Waals surface area contributed by atoms with Crippen molar-refractivity contribution in [2.24, 2.45) is 10.7 Å². The molecule has 0 aromatic rings. The maximum absolute atomic E-state index is 5.42. The summed E-state index contributed by atoms with van der Waals surface area (Å²) in [6, 6.07) is 0. The molecule has 0 rings (SSSR count). The number of nitrogens with two attached hydrogens (primary N) is 1. The number of hydrogen-bond acceptors (Lipinski definition) is 1. The zero-order valence-electron chi connectivity index (χ0n) is 5.64. The Morgan fingerprint density at radius 2 is 2.33 bits per heavy atom. The first-order chi connectivity index (χ1) is 4.16. The Bertz CT molecular complexity index is 130. The van der Waals surface area contributed by atoms with E-state index < -0.39 is 0 Å².